The van der Waals surface area contributed by atoms with E-state index in [0.29, 0.717) is 12.5 Å². The lowest BCUT2D eigenvalue weighted by Crippen LogP contribution is -2.50. The summed E-state index contributed by atoms with van der Waals surface area (Å²) in [5.74, 6) is 0.396. The van der Waals surface area contributed by atoms with Crippen molar-refractivity contribution in [3.05, 3.63) is 48.4 Å². The van der Waals surface area contributed by atoms with Crippen LogP contribution in [0.4, 0.5) is 0 Å². The minimum absolute atomic E-state index is 0.0476. The fourth-order valence-electron chi connectivity index (χ4n) is 2.49. The second kappa shape index (κ2) is 10.2. The van der Waals surface area contributed by atoms with Crippen LogP contribution in [0.1, 0.15) is 53.1 Å². The second-order valence-corrected chi connectivity index (χ2v) is 15.3. The van der Waals surface area contributed by atoms with E-state index in [0.717, 1.165) is 5.56 Å². The maximum Gasteiger partial charge on any atom is 0.232 e. The zero-order chi connectivity index (χ0) is 22.5. The summed E-state index contributed by atoms with van der Waals surface area (Å²) in [6.45, 7) is 21.0. The highest BCUT2D eigenvalue weighted by Crippen LogP contribution is 2.37. The van der Waals surface area contributed by atoms with Crippen molar-refractivity contribution >= 4 is 19.6 Å². The number of hydrogen-bond acceptors (Lipinski definition) is 4. The summed E-state index contributed by atoms with van der Waals surface area (Å²) >= 11 is -2.20. The van der Waals surface area contributed by atoms with Crippen LogP contribution in [0.3, 0.4) is 0 Å². The molecule has 0 bridgehead atoms. The third kappa shape index (κ3) is 9.00. The van der Waals surface area contributed by atoms with Crippen molar-refractivity contribution in [1.82, 2.24) is 10.0 Å². The zero-order valence-corrected chi connectivity index (χ0v) is 20.9. The van der Waals surface area contributed by atoms with E-state index >= 15 is 0 Å². The molecule has 0 amide bonds. The van der Waals surface area contributed by atoms with E-state index in [9.17, 15) is 8.76 Å². The molecule has 0 aliphatic carbocycles. The number of nitrogens with one attached hydrogen (secondary N) is 2. The molecular formula is C21H38N2O4SSi. The standard InChI is InChI=1S/C21H38N2O4SSi/c1-16(27-20(2,3)4)22-18(15-26-29(8,9)21(5,6)7)19(23-28(24)25)17-13-11-10-12-14-17/h10-14,18-19,22-23H,1,15H2,2-9H3,(H,24,25)/t18-,19+/m1/s1. The van der Waals surface area contributed by atoms with Crippen molar-refractivity contribution in [1.29, 1.82) is 0 Å². The van der Waals surface area contributed by atoms with Gasteiger partial charge in [-0.3, -0.25) is 4.55 Å². The first-order valence-electron chi connectivity index (χ1n) is 9.83. The largest absolute Gasteiger partial charge is 0.474 e. The van der Waals surface area contributed by atoms with Crippen molar-refractivity contribution in [3.63, 3.8) is 0 Å². The van der Waals surface area contributed by atoms with Crippen molar-refractivity contribution in [2.75, 3.05) is 6.61 Å². The molecule has 0 fully saturated rings. The van der Waals surface area contributed by atoms with E-state index < -0.39 is 31.2 Å². The average molecular weight is 443 g/mol. The third-order valence-corrected chi connectivity index (χ3v) is 9.95. The molecule has 1 aromatic rings. The third-order valence-electron chi connectivity index (χ3n) is 4.99. The summed E-state index contributed by atoms with van der Waals surface area (Å²) in [5.41, 5.74) is 0.458. The van der Waals surface area contributed by atoms with Gasteiger partial charge in [-0.1, -0.05) is 51.1 Å². The van der Waals surface area contributed by atoms with Crippen molar-refractivity contribution in [3.8, 4) is 0 Å². The van der Waals surface area contributed by atoms with Gasteiger partial charge in [0.15, 0.2) is 14.2 Å². The van der Waals surface area contributed by atoms with Gasteiger partial charge in [-0.05, 0) is 51.0 Å². The first-order valence-corrected chi connectivity index (χ1v) is 13.8. The van der Waals surface area contributed by atoms with E-state index in [-0.39, 0.29) is 11.1 Å². The highest BCUT2D eigenvalue weighted by molar-refractivity contribution is 7.77. The number of rotatable bonds is 10. The van der Waals surface area contributed by atoms with Crippen molar-refractivity contribution < 1.29 is 17.9 Å². The SMILES string of the molecule is C=C(N[C@H](CO[Si](C)(C)C(C)(C)C)[C@@H](NS(=O)O)c1ccccc1)OC(C)(C)C. The van der Waals surface area contributed by atoms with Gasteiger partial charge in [0.25, 0.3) is 0 Å². The van der Waals surface area contributed by atoms with Crippen molar-refractivity contribution in [2.24, 2.45) is 0 Å². The molecule has 0 spiro atoms. The van der Waals surface area contributed by atoms with Gasteiger partial charge in [-0.15, -0.1) is 0 Å². The average Bonchev–Trinajstić information content (AvgIpc) is 2.54. The fraction of sp³-hybridized carbons (Fsp3) is 0.619. The van der Waals surface area contributed by atoms with Crippen LogP contribution in [0.25, 0.3) is 0 Å². The first kappa shape index (κ1) is 25.8. The van der Waals surface area contributed by atoms with E-state index in [4.69, 9.17) is 9.16 Å². The lowest BCUT2D eigenvalue weighted by molar-refractivity contribution is 0.0343. The molecule has 0 aliphatic heterocycles. The molecular weight excluding hydrogens is 404 g/mol. The van der Waals surface area contributed by atoms with Crippen LogP contribution < -0.4 is 10.0 Å². The Labute approximate surface area is 180 Å². The Kier molecular flexibility index (Phi) is 9.10. The van der Waals surface area contributed by atoms with Gasteiger partial charge in [0.1, 0.15) is 5.60 Å². The Morgan fingerprint density at radius 1 is 1.17 bits per heavy atom. The quantitative estimate of drug-likeness (QED) is 0.277. The lowest BCUT2D eigenvalue weighted by Gasteiger charge is -2.39. The molecule has 0 heterocycles. The summed E-state index contributed by atoms with van der Waals surface area (Å²) in [7, 11) is -2.03. The smallest absolute Gasteiger partial charge is 0.232 e. The molecule has 1 rings (SSSR count). The maximum absolute atomic E-state index is 11.6. The molecule has 6 nitrogen and oxygen atoms in total. The summed E-state index contributed by atoms with van der Waals surface area (Å²) in [4.78, 5) is 0. The van der Waals surface area contributed by atoms with E-state index in [1.165, 1.54) is 0 Å². The maximum atomic E-state index is 11.6. The Hall–Kier alpha value is -1.19. The van der Waals surface area contributed by atoms with Gasteiger partial charge in [0.05, 0.1) is 18.7 Å². The van der Waals surface area contributed by atoms with Gasteiger partial charge in [-0.2, -0.15) is 0 Å². The Morgan fingerprint density at radius 3 is 2.17 bits per heavy atom. The van der Waals surface area contributed by atoms with Gasteiger partial charge >= 0.3 is 0 Å². The highest BCUT2D eigenvalue weighted by atomic mass is 32.2. The molecule has 1 unspecified atom stereocenters. The fourth-order valence-corrected chi connectivity index (χ4v) is 4.04. The van der Waals surface area contributed by atoms with Crippen LogP contribution >= 0.6 is 0 Å². The second-order valence-electron chi connectivity index (χ2n) is 9.72. The minimum Gasteiger partial charge on any atom is -0.474 e. The van der Waals surface area contributed by atoms with E-state index in [2.05, 4.69) is 50.5 Å². The first-order chi connectivity index (χ1) is 13.1. The van der Waals surface area contributed by atoms with Crippen LogP contribution in [0.5, 0.6) is 0 Å². The van der Waals surface area contributed by atoms with Crippen LogP contribution in [0.15, 0.2) is 42.8 Å². The summed E-state index contributed by atoms with van der Waals surface area (Å²) < 4.78 is 36.2. The van der Waals surface area contributed by atoms with Gasteiger partial charge < -0.3 is 14.5 Å². The predicted octanol–water partition coefficient (Wildman–Crippen LogP) is 4.72. The van der Waals surface area contributed by atoms with Crippen LogP contribution in [0.2, 0.25) is 18.1 Å². The van der Waals surface area contributed by atoms with Crippen LogP contribution in [0, 0.1) is 0 Å². The molecule has 0 aliphatic rings. The Balaban J connectivity index is 3.17. The summed E-state index contributed by atoms with van der Waals surface area (Å²) in [6.07, 6.45) is 0. The molecule has 0 saturated carbocycles. The topological polar surface area (TPSA) is 79.8 Å². The highest BCUT2D eigenvalue weighted by Gasteiger charge is 2.38. The lowest BCUT2D eigenvalue weighted by atomic mass is 10.0. The molecule has 0 radical (unpaired) electrons. The molecule has 8 heteroatoms. The normalized spacial score (nSPS) is 16.0. The molecule has 3 N–H and O–H groups in total. The molecule has 29 heavy (non-hydrogen) atoms. The number of benzene rings is 1. The molecule has 0 saturated heterocycles. The summed E-state index contributed by atoms with van der Waals surface area (Å²) in [5, 5.41) is 3.32. The van der Waals surface area contributed by atoms with E-state index in [1.54, 1.807) is 0 Å². The molecule has 0 aromatic heterocycles. The van der Waals surface area contributed by atoms with E-state index in [1.807, 2.05) is 51.1 Å². The molecule has 1 aromatic carbocycles. The number of ether oxygens (including phenoxy) is 1. The van der Waals surface area contributed by atoms with Crippen molar-refractivity contribution in [2.45, 2.75) is 77.4 Å². The van der Waals surface area contributed by atoms with Gasteiger partial charge in [0.2, 0.25) is 11.3 Å². The Bertz CT molecular complexity index is 684. The summed E-state index contributed by atoms with van der Waals surface area (Å²) in [6, 6.07) is 8.70. The molecule has 166 valence electrons. The minimum atomic E-state index is -2.20. The monoisotopic (exact) mass is 442 g/mol. The zero-order valence-electron chi connectivity index (χ0n) is 19.0. The molecule has 3 atom stereocenters. The van der Waals surface area contributed by atoms with Crippen LogP contribution in [-0.2, 0) is 20.4 Å². The predicted molar refractivity (Wildman–Crippen MR) is 123 cm³/mol. The number of hydrogen-bond donors (Lipinski definition) is 3. The van der Waals surface area contributed by atoms with Gasteiger partial charge in [-0.25, -0.2) is 8.93 Å². The van der Waals surface area contributed by atoms with Gasteiger partial charge in [0, 0.05) is 0 Å². The van der Waals surface area contributed by atoms with Crippen LogP contribution in [-0.4, -0.2) is 35.3 Å². The Morgan fingerprint density at radius 2 is 1.72 bits per heavy atom.